The number of carbonyl (C=O) groups excluding carboxylic acids is 2. The van der Waals surface area contributed by atoms with Crippen LogP contribution in [0, 0.1) is 0 Å². The summed E-state index contributed by atoms with van der Waals surface area (Å²) >= 11 is 0. The number of alkyl halides is 3. The molecule has 0 atom stereocenters. The molecule has 3 rings (SSSR count). The lowest BCUT2D eigenvalue weighted by molar-refractivity contribution is -0.138. The SMILES string of the molecule is O=C(Cn1cc(C(F)(F)F)ccc1=O)Nc1ccccc1C(=O)NC1CC1. The molecular formula is C18H16F3N3O3. The van der Waals surface area contributed by atoms with Crippen LogP contribution < -0.4 is 16.2 Å². The second kappa shape index (κ2) is 7.26. The van der Waals surface area contributed by atoms with E-state index >= 15 is 0 Å². The number of aromatic nitrogens is 1. The third kappa shape index (κ3) is 4.75. The number of amides is 2. The van der Waals surface area contributed by atoms with Crippen LogP contribution in [0.25, 0.3) is 0 Å². The molecule has 1 aliphatic rings. The van der Waals surface area contributed by atoms with E-state index in [-0.39, 0.29) is 23.2 Å². The third-order valence-corrected chi connectivity index (χ3v) is 3.98. The van der Waals surface area contributed by atoms with Crippen LogP contribution in [0.1, 0.15) is 28.8 Å². The molecule has 0 unspecified atom stereocenters. The molecular weight excluding hydrogens is 363 g/mol. The third-order valence-electron chi connectivity index (χ3n) is 3.98. The second-order valence-corrected chi connectivity index (χ2v) is 6.22. The molecule has 0 spiro atoms. The van der Waals surface area contributed by atoms with Crippen LogP contribution in [0.4, 0.5) is 18.9 Å². The number of rotatable bonds is 5. The molecule has 0 radical (unpaired) electrons. The van der Waals surface area contributed by atoms with Gasteiger partial charge in [0.2, 0.25) is 5.91 Å². The van der Waals surface area contributed by atoms with Crippen molar-refractivity contribution < 1.29 is 22.8 Å². The normalized spacial score (nSPS) is 13.9. The van der Waals surface area contributed by atoms with Crippen LogP contribution in [0.2, 0.25) is 0 Å². The van der Waals surface area contributed by atoms with Gasteiger partial charge in [-0.2, -0.15) is 13.2 Å². The lowest BCUT2D eigenvalue weighted by Gasteiger charge is -2.13. The van der Waals surface area contributed by atoms with E-state index in [1.807, 2.05) is 0 Å². The molecule has 1 aliphatic carbocycles. The fourth-order valence-electron chi connectivity index (χ4n) is 2.45. The van der Waals surface area contributed by atoms with E-state index in [2.05, 4.69) is 10.6 Å². The van der Waals surface area contributed by atoms with Crippen LogP contribution in [0.5, 0.6) is 0 Å². The van der Waals surface area contributed by atoms with Gasteiger partial charge in [0.25, 0.3) is 11.5 Å². The monoisotopic (exact) mass is 379 g/mol. The summed E-state index contributed by atoms with van der Waals surface area (Å²) in [5.41, 5.74) is -1.30. The van der Waals surface area contributed by atoms with E-state index in [0.717, 1.165) is 18.9 Å². The summed E-state index contributed by atoms with van der Waals surface area (Å²) in [5, 5.41) is 5.27. The smallest absolute Gasteiger partial charge is 0.349 e. The van der Waals surface area contributed by atoms with E-state index in [9.17, 15) is 27.6 Å². The van der Waals surface area contributed by atoms with Gasteiger partial charge < -0.3 is 15.2 Å². The lowest BCUT2D eigenvalue weighted by atomic mass is 10.1. The fourth-order valence-corrected chi connectivity index (χ4v) is 2.45. The van der Waals surface area contributed by atoms with Crippen LogP contribution in [-0.4, -0.2) is 22.4 Å². The topological polar surface area (TPSA) is 80.2 Å². The average molecular weight is 379 g/mol. The van der Waals surface area contributed by atoms with Gasteiger partial charge in [-0.3, -0.25) is 14.4 Å². The predicted octanol–water partition coefficient (Wildman–Crippen LogP) is 2.40. The number of anilines is 1. The Hall–Kier alpha value is -3.10. The second-order valence-electron chi connectivity index (χ2n) is 6.22. The number of nitrogens with zero attached hydrogens (tertiary/aromatic N) is 1. The van der Waals surface area contributed by atoms with Gasteiger partial charge in [-0.05, 0) is 31.0 Å². The van der Waals surface area contributed by atoms with Crippen LogP contribution in [0.15, 0.2) is 47.4 Å². The first-order valence-electron chi connectivity index (χ1n) is 8.21. The van der Waals surface area contributed by atoms with Crippen molar-refractivity contribution in [2.24, 2.45) is 0 Å². The number of pyridine rings is 1. The first-order chi connectivity index (χ1) is 12.7. The van der Waals surface area contributed by atoms with Crippen LogP contribution in [-0.2, 0) is 17.5 Å². The quantitative estimate of drug-likeness (QED) is 0.837. The highest BCUT2D eigenvalue weighted by atomic mass is 19.4. The summed E-state index contributed by atoms with van der Waals surface area (Å²) < 4.78 is 39.0. The van der Waals surface area contributed by atoms with Gasteiger partial charge in [-0.1, -0.05) is 12.1 Å². The first kappa shape index (κ1) is 18.7. The summed E-state index contributed by atoms with van der Waals surface area (Å²) in [6.45, 7) is -0.610. The Morgan fingerprint density at radius 3 is 2.48 bits per heavy atom. The molecule has 1 fully saturated rings. The summed E-state index contributed by atoms with van der Waals surface area (Å²) in [7, 11) is 0. The van der Waals surface area contributed by atoms with Gasteiger partial charge >= 0.3 is 6.18 Å². The van der Waals surface area contributed by atoms with Gasteiger partial charge in [-0.25, -0.2) is 0 Å². The number of benzene rings is 1. The van der Waals surface area contributed by atoms with E-state index < -0.39 is 29.8 Å². The number of hydrogen-bond donors (Lipinski definition) is 2. The Labute approximate surface area is 152 Å². The standard InChI is InChI=1S/C18H16F3N3O3/c19-18(20,21)11-5-8-16(26)24(9-11)10-15(25)23-14-4-2-1-3-13(14)17(27)22-12-6-7-12/h1-5,8-9,12H,6-7,10H2,(H,22,27)(H,23,25). The molecule has 1 aromatic carbocycles. The summed E-state index contributed by atoms with van der Waals surface area (Å²) in [4.78, 5) is 36.2. The molecule has 0 bridgehead atoms. The van der Waals surface area contributed by atoms with Crippen molar-refractivity contribution in [3.8, 4) is 0 Å². The van der Waals surface area contributed by atoms with Gasteiger partial charge in [0.1, 0.15) is 6.54 Å². The fraction of sp³-hybridized carbons (Fsp3) is 0.278. The molecule has 1 saturated carbocycles. The van der Waals surface area contributed by atoms with Gasteiger partial charge in [0.15, 0.2) is 0 Å². The van der Waals surface area contributed by atoms with Crippen molar-refractivity contribution in [3.05, 3.63) is 64.1 Å². The Kier molecular flexibility index (Phi) is 5.02. The maximum absolute atomic E-state index is 12.8. The van der Waals surface area contributed by atoms with Crippen molar-refractivity contribution in [2.75, 3.05) is 5.32 Å². The largest absolute Gasteiger partial charge is 0.417 e. The molecule has 27 heavy (non-hydrogen) atoms. The minimum atomic E-state index is -4.63. The Bertz CT molecular complexity index is 933. The molecule has 2 N–H and O–H groups in total. The van der Waals surface area contributed by atoms with Crippen molar-refractivity contribution in [2.45, 2.75) is 31.6 Å². The maximum atomic E-state index is 12.8. The number of halogens is 3. The van der Waals surface area contributed by atoms with E-state index in [1.165, 1.54) is 12.1 Å². The highest BCUT2D eigenvalue weighted by Gasteiger charge is 2.31. The summed E-state index contributed by atoms with van der Waals surface area (Å²) in [6, 6.07) is 7.83. The molecule has 142 valence electrons. The minimum Gasteiger partial charge on any atom is -0.349 e. The first-order valence-corrected chi connectivity index (χ1v) is 8.21. The van der Waals surface area contributed by atoms with Crippen molar-refractivity contribution in [3.63, 3.8) is 0 Å². The molecule has 6 nitrogen and oxygen atoms in total. The Morgan fingerprint density at radius 1 is 1.11 bits per heavy atom. The van der Waals surface area contributed by atoms with Crippen molar-refractivity contribution >= 4 is 17.5 Å². The zero-order valence-electron chi connectivity index (χ0n) is 14.0. The molecule has 2 aromatic rings. The maximum Gasteiger partial charge on any atom is 0.417 e. The zero-order chi connectivity index (χ0) is 19.6. The average Bonchev–Trinajstić information content (AvgIpc) is 3.40. The van der Waals surface area contributed by atoms with Crippen LogP contribution in [0.3, 0.4) is 0 Å². The van der Waals surface area contributed by atoms with Gasteiger partial charge in [0, 0.05) is 18.3 Å². The Balaban J connectivity index is 1.75. The van der Waals surface area contributed by atoms with Gasteiger partial charge in [0.05, 0.1) is 16.8 Å². The molecule has 9 heteroatoms. The summed E-state index contributed by atoms with van der Waals surface area (Å²) in [5.74, 6) is -1.06. The van der Waals surface area contributed by atoms with Crippen molar-refractivity contribution in [1.29, 1.82) is 0 Å². The predicted molar refractivity (Wildman–Crippen MR) is 91.3 cm³/mol. The van der Waals surface area contributed by atoms with E-state index in [4.69, 9.17) is 0 Å². The number of nitrogens with one attached hydrogen (secondary N) is 2. The molecule has 1 heterocycles. The number of hydrogen-bond acceptors (Lipinski definition) is 3. The van der Waals surface area contributed by atoms with E-state index in [1.54, 1.807) is 12.1 Å². The summed E-state index contributed by atoms with van der Waals surface area (Å²) in [6.07, 6.45) is -2.23. The zero-order valence-corrected chi connectivity index (χ0v) is 14.0. The number of carbonyl (C=O) groups is 2. The van der Waals surface area contributed by atoms with Crippen LogP contribution >= 0.6 is 0 Å². The van der Waals surface area contributed by atoms with E-state index in [0.29, 0.717) is 16.8 Å². The Morgan fingerprint density at radius 2 is 1.81 bits per heavy atom. The highest BCUT2D eigenvalue weighted by molar-refractivity contribution is 6.03. The molecule has 0 saturated heterocycles. The molecule has 2 amide bonds. The minimum absolute atomic E-state index is 0.130. The molecule has 0 aliphatic heterocycles. The van der Waals surface area contributed by atoms with Crippen molar-refractivity contribution in [1.82, 2.24) is 9.88 Å². The molecule has 1 aromatic heterocycles. The highest BCUT2D eigenvalue weighted by Crippen LogP contribution is 2.28. The van der Waals surface area contributed by atoms with Gasteiger partial charge in [-0.15, -0.1) is 0 Å². The number of para-hydroxylation sites is 1. The lowest BCUT2D eigenvalue weighted by Crippen LogP contribution is -2.30.